The molecule has 0 bridgehead atoms. The number of ether oxygens (including phenoxy) is 1. The smallest absolute Gasteiger partial charge is 0.254 e. The minimum atomic E-state index is 0.0283. The van der Waals surface area contributed by atoms with Gasteiger partial charge in [-0.3, -0.25) is 4.79 Å². The second kappa shape index (κ2) is 8.29. The second-order valence-electron chi connectivity index (χ2n) is 7.08. The van der Waals surface area contributed by atoms with Gasteiger partial charge in [0.2, 0.25) is 17.5 Å². The summed E-state index contributed by atoms with van der Waals surface area (Å²) >= 11 is 0. The molecular formula is C23H22N4O3. The number of nitrogens with zero attached hydrogens (tertiary/aromatic N) is 4. The van der Waals surface area contributed by atoms with Gasteiger partial charge in [0.05, 0.1) is 12.7 Å². The van der Waals surface area contributed by atoms with Crippen molar-refractivity contribution >= 4 is 11.8 Å². The van der Waals surface area contributed by atoms with Crippen molar-refractivity contribution < 1.29 is 13.9 Å². The number of aryl methyl sites for hydroxylation is 1. The van der Waals surface area contributed by atoms with E-state index in [0.717, 1.165) is 11.1 Å². The first-order chi connectivity index (χ1) is 14.6. The largest absolute Gasteiger partial charge is 0.496 e. The molecule has 0 saturated carbocycles. The fourth-order valence-electron chi connectivity index (χ4n) is 3.63. The van der Waals surface area contributed by atoms with Gasteiger partial charge in [0.15, 0.2) is 0 Å². The average molecular weight is 402 g/mol. The van der Waals surface area contributed by atoms with Crippen LogP contribution in [0.3, 0.4) is 0 Å². The monoisotopic (exact) mass is 402 g/mol. The molecule has 1 amide bonds. The number of anilines is 1. The summed E-state index contributed by atoms with van der Waals surface area (Å²) in [6.07, 6.45) is 0. The Morgan fingerprint density at radius 2 is 1.80 bits per heavy atom. The van der Waals surface area contributed by atoms with Gasteiger partial charge in [-0.05, 0) is 30.7 Å². The van der Waals surface area contributed by atoms with Crippen molar-refractivity contribution in [3.63, 3.8) is 0 Å². The van der Waals surface area contributed by atoms with Gasteiger partial charge in [0.25, 0.3) is 5.91 Å². The number of hydrogen-bond donors (Lipinski definition) is 0. The van der Waals surface area contributed by atoms with E-state index < -0.39 is 0 Å². The lowest BCUT2D eigenvalue weighted by Crippen LogP contribution is -2.49. The molecule has 7 heteroatoms. The number of carbonyl (C=O) groups is 1. The summed E-state index contributed by atoms with van der Waals surface area (Å²) in [6, 6.07) is 17.1. The van der Waals surface area contributed by atoms with Crippen LogP contribution in [0.25, 0.3) is 11.5 Å². The Bertz CT molecular complexity index is 1110. The summed E-state index contributed by atoms with van der Waals surface area (Å²) < 4.78 is 11.4. The second-order valence-corrected chi connectivity index (χ2v) is 7.08. The summed E-state index contributed by atoms with van der Waals surface area (Å²) in [5.41, 5.74) is 2.61. The maximum absolute atomic E-state index is 12.9. The van der Waals surface area contributed by atoms with Crippen molar-refractivity contribution in [2.45, 2.75) is 6.92 Å². The number of oxazole rings is 1. The Hall–Kier alpha value is -3.79. The number of piperazine rings is 1. The summed E-state index contributed by atoms with van der Waals surface area (Å²) in [5, 5.41) is 9.56. The molecule has 1 saturated heterocycles. The first-order valence-corrected chi connectivity index (χ1v) is 9.76. The van der Waals surface area contributed by atoms with Gasteiger partial charge in [0, 0.05) is 31.7 Å². The normalized spacial score (nSPS) is 13.8. The van der Waals surface area contributed by atoms with E-state index in [0.29, 0.717) is 49.3 Å². The molecule has 1 aliphatic heterocycles. The van der Waals surface area contributed by atoms with Gasteiger partial charge in [0.1, 0.15) is 11.8 Å². The Morgan fingerprint density at radius 3 is 2.50 bits per heavy atom. The van der Waals surface area contributed by atoms with E-state index in [-0.39, 0.29) is 11.6 Å². The van der Waals surface area contributed by atoms with E-state index in [2.05, 4.69) is 11.1 Å². The van der Waals surface area contributed by atoms with E-state index in [1.165, 1.54) is 0 Å². The zero-order valence-electron chi connectivity index (χ0n) is 17.0. The molecule has 0 atom stereocenters. The SMILES string of the molecule is COc1ccccc1-c1nc(C#N)c(N2CCN(C(=O)c3ccccc3C)CC2)o1. The first-order valence-electron chi connectivity index (χ1n) is 9.76. The van der Waals surface area contributed by atoms with Crippen molar-refractivity contribution in [3.05, 3.63) is 65.4 Å². The fourth-order valence-corrected chi connectivity index (χ4v) is 3.63. The Morgan fingerprint density at radius 1 is 1.10 bits per heavy atom. The average Bonchev–Trinajstić information content (AvgIpc) is 3.23. The molecule has 2 heterocycles. The lowest BCUT2D eigenvalue weighted by atomic mass is 10.1. The van der Waals surface area contributed by atoms with E-state index in [1.54, 1.807) is 7.11 Å². The number of nitriles is 1. The van der Waals surface area contributed by atoms with Crippen molar-refractivity contribution in [2.24, 2.45) is 0 Å². The number of amides is 1. The number of methoxy groups -OCH3 is 1. The molecule has 7 nitrogen and oxygen atoms in total. The van der Waals surface area contributed by atoms with Crippen LogP contribution in [-0.4, -0.2) is 49.1 Å². The quantitative estimate of drug-likeness (QED) is 0.664. The zero-order chi connectivity index (χ0) is 21.1. The highest BCUT2D eigenvalue weighted by Gasteiger charge is 2.28. The molecule has 0 N–H and O–H groups in total. The topological polar surface area (TPSA) is 82.6 Å². The molecule has 0 radical (unpaired) electrons. The molecule has 0 spiro atoms. The van der Waals surface area contributed by atoms with Crippen molar-refractivity contribution in [1.82, 2.24) is 9.88 Å². The van der Waals surface area contributed by atoms with Crippen LogP contribution in [0.5, 0.6) is 5.75 Å². The van der Waals surface area contributed by atoms with E-state index >= 15 is 0 Å². The Labute approximate surface area is 175 Å². The van der Waals surface area contributed by atoms with Gasteiger partial charge < -0.3 is 19.0 Å². The Kier molecular flexibility index (Phi) is 5.40. The van der Waals surface area contributed by atoms with Crippen LogP contribution in [0.2, 0.25) is 0 Å². The van der Waals surface area contributed by atoms with Crippen LogP contribution < -0.4 is 9.64 Å². The maximum Gasteiger partial charge on any atom is 0.254 e. The van der Waals surface area contributed by atoms with Crippen molar-refractivity contribution in [2.75, 3.05) is 38.2 Å². The molecule has 2 aromatic carbocycles. The molecular weight excluding hydrogens is 380 g/mol. The molecule has 1 aromatic heterocycles. The lowest BCUT2D eigenvalue weighted by Gasteiger charge is -2.34. The lowest BCUT2D eigenvalue weighted by molar-refractivity contribution is 0.0744. The number of rotatable bonds is 4. The van der Waals surface area contributed by atoms with Crippen LogP contribution in [-0.2, 0) is 0 Å². The maximum atomic E-state index is 12.9. The predicted molar refractivity (Wildman–Crippen MR) is 113 cm³/mol. The minimum Gasteiger partial charge on any atom is -0.496 e. The van der Waals surface area contributed by atoms with E-state index in [4.69, 9.17) is 9.15 Å². The number of benzene rings is 2. The standard InChI is InChI=1S/C23H22N4O3/c1-16-7-3-4-8-17(16)22(28)26-11-13-27(14-12-26)23-19(15-24)25-21(30-23)18-9-5-6-10-20(18)29-2/h3-10H,11-14H2,1-2H3. The number of para-hydroxylation sites is 1. The number of hydrogen-bond acceptors (Lipinski definition) is 6. The highest BCUT2D eigenvalue weighted by molar-refractivity contribution is 5.95. The van der Waals surface area contributed by atoms with Crippen LogP contribution in [0, 0.1) is 18.3 Å². The highest BCUT2D eigenvalue weighted by Crippen LogP contribution is 2.33. The predicted octanol–water partition coefficient (Wildman–Crippen LogP) is 3.49. The van der Waals surface area contributed by atoms with Gasteiger partial charge in [-0.1, -0.05) is 30.3 Å². The van der Waals surface area contributed by atoms with Crippen LogP contribution in [0.4, 0.5) is 5.88 Å². The van der Waals surface area contributed by atoms with Gasteiger partial charge >= 0.3 is 0 Å². The number of aromatic nitrogens is 1. The van der Waals surface area contributed by atoms with Crippen molar-refractivity contribution in [1.29, 1.82) is 5.26 Å². The van der Waals surface area contributed by atoms with Crippen LogP contribution in [0.1, 0.15) is 21.6 Å². The third-order valence-electron chi connectivity index (χ3n) is 5.28. The molecule has 30 heavy (non-hydrogen) atoms. The first kappa shape index (κ1) is 19.5. The summed E-state index contributed by atoms with van der Waals surface area (Å²) in [6.45, 7) is 4.15. The third-order valence-corrected chi connectivity index (χ3v) is 5.28. The van der Waals surface area contributed by atoms with Gasteiger partial charge in [-0.2, -0.15) is 10.2 Å². The minimum absolute atomic E-state index is 0.0283. The molecule has 3 aromatic rings. The van der Waals surface area contributed by atoms with E-state index in [1.807, 2.05) is 65.3 Å². The van der Waals surface area contributed by atoms with Crippen LogP contribution in [0.15, 0.2) is 52.9 Å². The molecule has 1 fully saturated rings. The summed E-state index contributed by atoms with van der Waals surface area (Å²) in [4.78, 5) is 21.0. The molecule has 4 rings (SSSR count). The molecule has 1 aliphatic rings. The molecule has 152 valence electrons. The zero-order valence-corrected chi connectivity index (χ0v) is 17.0. The molecule has 0 aliphatic carbocycles. The third kappa shape index (κ3) is 3.60. The molecule has 0 unspecified atom stereocenters. The highest BCUT2D eigenvalue weighted by atomic mass is 16.5. The van der Waals surface area contributed by atoms with Crippen LogP contribution >= 0.6 is 0 Å². The number of carbonyl (C=O) groups excluding carboxylic acids is 1. The summed E-state index contributed by atoms with van der Waals surface area (Å²) in [5.74, 6) is 1.43. The summed E-state index contributed by atoms with van der Waals surface area (Å²) in [7, 11) is 1.58. The Balaban J connectivity index is 1.53. The van der Waals surface area contributed by atoms with E-state index in [9.17, 15) is 10.1 Å². The fraction of sp³-hybridized carbons (Fsp3) is 0.261. The van der Waals surface area contributed by atoms with Gasteiger partial charge in [-0.25, -0.2) is 0 Å². The van der Waals surface area contributed by atoms with Crippen molar-refractivity contribution in [3.8, 4) is 23.3 Å². The van der Waals surface area contributed by atoms with Gasteiger partial charge in [-0.15, -0.1) is 0 Å².